The molecule has 3 amide bonds. The molecule has 0 aliphatic heterocycles. The molecule has 0 fully saturated rings. The third kappa shape index (κ3) is 6.60. The molecule has 2 N–H and O–H groups in total. The summed E-state index contributed by atoms with van der Waals surface area (Å²) in [6.07, 6.45) is 0.432. The molecule has 0 saturated heterocycles. The van der Waals surface area contributed by atoms with Crippen LogP contribution in [-0.4, -0.2) is 32.1 Å². The highest BCUT2D eigenvalue weighted by molar-refractivity contribution is 6.42. The smallest absolute Gasteiger partial charge is 0.326 e. The number of carbonyl (C=O) groups is 2. The Morgan fingerprint density at radius 1 is 1.00 bits per heavy atom. The number of nitrogens with one attached hydrogen (secondary N) is 2. The van der Waals surface area contributed by atoms with Crippen molar-refractivity contribution in [2.24, 2.45) is 0 Å². The zero-order chi connectivity index (χ0) is 23.8. The molecule has 0 bridgehead atoms. The molecule has 3 aromatic rings. The summed E-state index contributed by atoms with van der Waals surface area (Å²) in [5.74, 6) is -0.444. The van der Waals surface area contributed by atoms with Gasteiger partial charge in [-0.3, -0.25) is 9.69 Å². The first kappa shape index (κ1) is 24.4. The average molecular weight is 490 g/mol. The topological polar surface area (TPSA) is 70.7 Å². The Hall–Kier alpha value is -3.29. The molecule has 33 heavy (non-hydrogen) atoms. The van der Waals surface area contributed by atoms with Crippen molar-refractivity contribution >= 4 is 46.5 Å². The number of amides is 3. The molecule has 6 nitrogen and oxygen atoms in total. The second kappa shape index (κ2) is 11.5. The number of benzene rings is 3. The summed E-state index contributed by atoms with van der Waals surface area (Å²) in [6, 6.07) is 17.2. The van der Waals surface area contributed by atoms with Crippen LogP contribution in [0.25, 0.3) is 0 Å². The van der Waals surface area contributed by atoms with Gasteiger partial charge in [-0.15, -0.1) is 0 Å². The molecule has 3 aromatic carbocycles. The van der Waals surface area contributed by atoms with E-state index in [4.69, 9.17) is 27.9 Å². The second-order valence-corrected chi connectivity index (χ2v) is 7.81. The number of nitrogens with zero attached hydrogens (tertiary/aromatic N) is 1. The molecular formula is C24H22Cl2FN3O3. The monoisotopic (exact) mass is 489 g/mol. The van der Waals surface area contributed by atoms with Gasteiger partial charge in [-0.05, 0) is 61.0 Å². The third-order valence-corrected chi connectivity index (χ3v) is 5.50. The first-order valence-corrected chi connectivity index (χ1v) is 10.8. The summed E-state index contributed by atoms with van der Waals surface area (Å²) >= 11 is 12.0. The van der Waals surface area contributed by atoms with Gasteiger partial charge in [-0.2, -0.15) is 0 Å². The quantitative estimate of drug-likeness (QED) is 0.381. The van der Waals surface area contributed by atoms with E-state index < -0.39 is 11.7 Å². The molecule has 0 aliphatic carbocycles. The SMILES string of the molecule is COc1ccc(N(CCCNC(=O)c2ccccc2F)C(=O)Nc2ccc(Cl)c(Cl)c2)cc1. The Morgan fingerprint density at radius 3 is 2.39 bits per heavy atom. The van der Waals surface area contributed by atoms with E-state index in [1.54, 1.807) is 55.6 Å². The number of anilines is 2. The third-order valence-electron chi connectivity index (χ3n) is 4.76. The van der Waals surface area contributed by atoms with E-state index in [0.717, 1.165) is 0 Å². The van der Waals surface area contributed by atoms with Crippen LogP contribution in [0.15, 0.2) is 66.7 Å². The summed E-state index contributed by atoms with van der Waals surface area (Å²) in [7, 11) is 1.56. The minimum atomic E-state index is -0.587. The Kier molecular flexibility index (Phi) is 8.52. The minimum Gasteiger partial charge on any atom is -0.497 e. The van der Waals surface area contributed by atoms with Crippen LogP contribution < -0.4 is 20.3 Å². The van der Waals surface area contributed by atoms with Crippen molar-refractivity contribution < 1.29 is 18.7 Å². The number of ether oxygens (including phenoxy) is 1. The van der Waals surface area contributed by atoms with Gasteiger partial charge >= 0.3 is 6.03 Å². The standard InChI is InChI=1S/C24H22Cl2FN3O3/c1-33-18-10-8-17(9-11-18)30(24(32)29-16-7-12-20(25)21(26)15-16)14-4-13-28-23(31)19-5-2-3-6-22(19)27/h2-3,5-12,15H,4,13-14H2,1H3,(H,28,31)(H,29,32). The summed E-state index contributed by atoms with van der Waals surface area (Å²) < 4.78 is 19.0. The van der Waals surface area contributed by atoms with Gasteiger partial charge in [0.2, 0.25) is 0 Å². The molecule has 0 saturated carbocycles. The summed E-state index contributed by atoms with van der Waals surface area (Å²) in [5, 5.41) is 6.18. The first-order chi connectivity index (χ1) is 15.9. The van der Waals surface area contributed by atoms with E-state index in [9.17, 15) is 14.0 Å². The number of hydrogen-bond donors (Lipinski definition) is 2. The van der Waals surface area contributed by atoms with Crippen LogP contribution in [0.4, 0.5) is 20.6 Å². The zero-order valence-electron chi connectivity index (χ0n) is 17.8. The van der Waals surface area contributed by atoms with Gasteiger partial charge < -0.3 is 15.4 Å². The van der Waals surface area contributed by atoms with Crippen LogP contribution in [0, 0.1) is 5.82 Å². The molecule has 0 radical (unpaired) electrons. The van der Waals surface area contributed by atoms with E-state index in [1.165, 1.54) is 23.1 Å². The highest BCUT2D eigenvalue weighted by Gasteiger charge is 2.17. The summed E-state index contributed by atoms with van der Waals surface area (Å²) in [6.45, 7) is 0.539. The van der Waals surface area contributed by atoms with Gasteiger partial charge in [0.25, 0.3) is 5.91 Å². The normalized spacial score (nSPS) is 10.4. The molecule has 0 aromatic heterocycles. The van der Waals surface area contributed by atoms with E-state index in [2.05, 4.69) is 10.6 Å². The maximum Gasteiger partial charge on any atom is 0.326 e. The predicted octanol–water partition coefficient (Wildman–Crippen LogP) is 6.00. The van der Waals surface area contributed by atoms with Crippen molar-refractivity contribution in [2.75, 3.05) is 30.4 Å². The fraction of sp³-hybridized carbons (Fsp3) is 0.167. The zero-order valence-corrected chi connectivity index (χ0v) is 19.3. The molecular weight excluding hydrogens is 468 g/mol. The lowest BCUT2D eigenvalue weighted by Crippen LogP contribution is -2.37. The predicted molar refractivity (Wildman–Crippen MR) is 129 cm³/mol. The molecule has 9 heteroatoms. The molecule has 3 rings (SSSR count). The largest absolute Gasteiger partial charge is 0.497 e. The number of urea groups is 1. The van der Waals surface area contributed by atoms with Gasteiger partial charge in [0.15, 0.2) is 0 Å². The van der Waals surface area contributed by atoms with Crippen molar-refractivity contribution in [1.29, 1.82) is 0 Å². The number of hydrogen-bond acceptors (Lipinski definition) is 3. The van der Waals surface area contributed by atoms with E-state index in [-0.39, 0.29) is 24.7 Å². The number of rotatable bonds is 8. The average Bonchev–Trinajstić information content (AvgIpc) is 2.81. The van der Waals surface area contributed by atoms with Gasteiger partial charge in [0.1, 0.15) is 11.6 Å². The van der Waals surface area contributed by atoms with E-state index >= 15 is 0 Å². The summed E-state index contributed by atoms with van der Waals surface area (Å²) in [5.41, 5.74) is 1.09. The van der Waals surface area contributed by atoms with Gasteiger partial charge in [0.05, 0.1) is 22.7 Å². The molecule has 0 spiro atoms. The van der Waals surface area contributed by atoms with E-state index in [0.29, 0.717) is 33.6 Å². The van der Waals surface area contributed by atoms with Crippen molar-refractivity contribution in [2.45, 2.75) is 6.42 Å². The van der Waals surface area contributed by atoms with Crippen molar-refractivity contribution in [3.8, 4) is 5.75 Å². The van der Waals surface area contributed by atoms with Crippen LogP contribution in [-0.2, 0) is 0 Å². The van der Waals surface area contributed by atoms with Crippen molar-refractivity contribution in [3.05, 3.63) is 88.2 Å². The van der Waals surface area contributed by atoms with E-state index in [1.807, 2.05) is 0 Å². The lowest BCUT2D eigenvalue weighted by atomic mass is 10.2. The van der Waals surface area contributed by atoms with Crippen LogP contribution in [0.3, 0.4) is 0 Å². The highest BCUT2D eigenvalue weighted by Crippen LogP contribution is 2.26. The number of halogens is 3. The van der Waals surface area contributed by atoms with Crippen LogP contribution >= 0.6 is 23.2 Å². The lowest BCUT2D eigenvalue weighted by molar-refractivity contribution is 0.0949. The minimum absolute atomic E-state index is 0.0260. The Labute approximate surface area is 201 Å². The Bertz CT molecular complexity index is 1130. The van der Waals surface area contributed by atoms with Gasteiger partial charge in [0, 0.05) is 24.5 Å². The fourth-order valence-corrected chi connectivity index (χ4v) is 3.35. The van der Waals surface area contributed by atoms with Gasteiger partial charge in [-0.1, -0.05) is 35.3 Å². The Balaban J connectivity index is 1.67. The second-order valence-electron chi connectivity index (χ2n) is 7.00. The summed E-state index contributed by atoms with van der Waals surface area (Å²) in [4.78, 5) is 26.8. The fourth-order valence-electron chi connectivity index (χ4n) is 3.05. The lowest BCUT2D eigenvalue weighted by Gasteiger charge is -2.24. The maximum absolute atomic E-state index is 13.8. The first-order valence-electron chi connectivity index (χ1n) is 10.1. The molecule has 172 valence electrons. The van der Waals surface area contributed by atoms with Crippen LogP contribution in [0.1, 0.15) is 16.8 Å². The van der Waals surface area contributed by atoms with Crippen LogP contribution in [0.2, 0.25) is 10.0 Å². The van der Waals surface area contributed by atoms with Crippen molar-refractivity contribution in [1.82, 2.24) is 5.32 Å². The van der Waals surface area contributed by atoms with Crippen LogP contribution in [0.5, 0.6) is 5.75 Å². The Morgan fingerprint density at radius 2 is 1.73 bits per heavy atom. The molecule has 0 unspecified atom stereocenters. The number of carbonyl (C=O) groups excluding carboxylic acids is 2. The highest BCUT2D eigenvalue weighted by atomic mass is 35.5. The molecule has 0 aliphatic rings. The molecule has 0 heterocycles. The number of methoxy groups -OCH3 is 1. The van der Waals surface area contributed by atoms with Gasteiger partial charge in [-0.25, -0.2) is 9.18 Å². The maximum atomic E-state index is 13.8. The molecule has 0 atom stereocenters. The van der Waals surface area contributed by atoms with Crippen molar-refractivity contribution in [3.63, 3.8) is 0 Å².